The zero-order chi connectivity index (χ0) is 20.0. The second-order valence-electron chi connectivity index (χ2n) is 6.93. The maximum atomic E-state index is 11.5. The molecule has 0 aliphatic rings. The zero-order valence-electron chi connectivity index (χ0n) is 15.9. The van der Waals surface area contributed by atoms with E-state index in [4.69, 9.17) is 4.74 Å². The van der Waals surface area contributed by atoms with Gasteiger partial charge in [-0.25, -0.2) is 0 Å². The molecule has 146 valence electrons. The summed E-state index contributed by atoms with van der Waals surface area (Å²) in [5.41, 5.74) is 5.03. The molecule has 28 heavy (non-hydrogen) atoms. The van der Waals surface area contributed by atoms with E-state index >= 15 is 0 Å². The normalized spacial score (nSPS) is 11.4. The van der Waals surface area contributed by atoms with Crippen molar-refractivity contribution in [1.82, 2.24) is 0 Å². The molecule has 0 atom stereocenters. The van der Waals surface area contributed by atoms with Gasteiger partial charge < -0.3 is 14.5 Å². The molecule has 3 rings (SSSR count). The lowest BCUT2D eigenvalue weighted by Crippen LogP contribution is -1.99. The molecule has 3 aromatic carbocycles. The third-order valence-corrected chi connectivity index (χ3v) is 5.28. The van der Waals surface area contributed by atoms with Crippen LogP contribution in [0.4, 0.5) is 0 Å². The van der Waals surface area contributed by atoms with Gasteiger partial charge in [-0.1, -0.05) is 67.6 Å². The van der Waals surface area contributed by atoms with Gasteiger partial charge in [-0.2, -0.15) is 0 Å². The Hall–Kier alpha value is -2.39. The summed E-state index contributed by atoms with van der Waals surface area (Å²) in [4.78, 5) is 18.8. The molecule has 0 saturated heterocycles. The number of hydrogen-bond acceptors (Lipinski definition) is 2. The average molecular weight is 396 g/mol. The molecule has 0 aliphatic heterocycles. The lowest BCUT2D eigenvalue weighted by Gasteiger charge is -2.13. The van der Waals surface area contributed by atoms with Crippen LogP contribution in [0.15, 0.2) is 72.8 Å². The van der Waals surface area contributed by atoms with Crippen molar-refractivity contribution in [3.63, 3.8) is 0 Å². The summed E-state index contributed by atoms with van der Waals surface area (Å²) in [7, 11) is -4.15. The molecule has 0 heterocycles. The Morgan fingerprint density at radius 3 is 2.07 bits per heavy atom. The number of hydrogen-bond donors (Lipinski definition) is 2. The van der Waals surface area contributed by atoms with Crippen LogP contribution in [0.1, 0.15) is 34.7 Å². The van der Waals surface area contributed by atoms with E-state index in [2.05, 4.69) is 31.2 Å². The molecule has 0 bridgehead atoms. The molecule has 0 radical (unpaired) electrons. The van der Waals surface area contributed by atoms with Gasteiger partial charge in [0.05, 0.1) is 6.16 Å². The summed E-state index contributed by atoms with van der Waals surface area (Å²) in [6, 6.07) is 23.7. The highest BCUT2D eigenvalue weighted by Gasteiger charge is 2.15. The van der Waals surface area contributed by atoms with E-state index < -0.39 is 7.60 Å². The zero-order valence-corrected chi connectivity index (χ0v) is 16.8. The van der Waals surface area contributed by atoms with Crippen LogP contribution in [-0.4, -0.2) is 9.79 Å². The van der Waals surface area contributed by atoms with Crippen LogP contribution in [-0.2, 0) is 30.2 Å². The molecule has 3 aromatic rings. The van der Waals surface area contributed by atoms with Gasteiger partial charge in [0.1, 0.15) is 12.4 Å². The minimum Gasteiger partial charge on any atom is -0.489 e. The monoisotopic (exact) mass is 396 g/mol. The Kier molecular flexibility index (Phi) is 6.69. The summed E-state index contributed by atoms with van der Waals surface area (Å²) < 4.78 is 17.4. The van der Waals surface area contributed by atoms with Crippen molar-refractivity contribution < 1.29 is 19.1 Å². The van der Waals surface area contributed by atoms with E-state index in [0.717, 1.165) is 23.1 Å². The molecule has 0 amide bonds. The van der Waals surface area contributed by atoms with Crippen molar-refractivity contribution in [3.8, 4) is 5.75 Å². The first-order valence-electron chi connectivity index (χ1n) is 9.33. The summed E-state index contributed by atoms with van der Waals surface area (Å²) in [6.07, 6.45) is 1.38. The van der Waals surface area contributed by atoms with Crippen molar-refractivity contribution in [1.29, 1.82) is 0 Å². The van der Waals surface area contributed by atoms with Crippen LogP contribution >= 0.6 is 7.60 Å². The van der Waals surface area contributed by atoms with Crippen molar-refractivity contribution >= 4 is 7.60 Å². The van der Waals surface area contributed by atoms with Gasteiger partial charge in [-0.3, -0.25) is 4.57 Å². The van der Waals surface area contributed by atoms with Crippen LogP contribution < -0.4 is 4.74 Å². The molecule has 4 nitrogen and oxygen atoms in total. The number of benzene rings is 3. The summed E-state index contributed by atoms with van der Waals surface area (Å²) in [6.45, 7) is 2.53. The fourth-order valence-electron chi connectivity index (χ4n) is 3.11. The van der Waals surface area contributed by atoms with Crippen molar-refractivity contribution in [3.05, 3.63) is 101 Å². The van der Waals surface area contributed by atoms with Crippen LogP contribution in [0.5, 0.6) is 5.75 Å². The molecule has 2 N–H and O–H groups in total. The first-order chi connectivity index (χ1) is 13.4. The van der Waals surface area contributed by atoms with E-state index in [1.54, 1.807) is 6.07 Å². The molecular weight excluding hydrogens is 371 g/mol. The highest BCUT2D eigenvalue weighted by molar-refractivity contribution is 7.50. The maximum Gasteiger partial charge on any atom is 0.329 e. The molecule has 0 aromatic heterocycles. The molecule has 0 saturated carbocycles. The Labute approximate surface area is 166 Å². The van der Waals surface area contributed by atoms with Gasteiger partial charge >= 0.3 is 7.60 Å². The molecule has 0 unspecified atom stereocenters. The van der Waals surface area contributed by atoms with Crippen LogP contribution in [0.2, 0.25) is 0 Å². The summed E-state index contributed by atoms with van der Waals surface area (Å²) >= 11 is 0. The first-order valence-corrected chi connectivity index (χ1v) is 11.1. The molecular formula is C23H25O4P. The molecule has 0 spiro atoms. The highest BCUT2D eigenvalue weighted by atomic mass is 31.2. The van der Waals surface area contributed by atoms with E-state index in [-0.39, 0.29) is 6.16 Å². The SMILES string of the molecule is CCc1ccc(Cc2cc(CP(=O)(O)O)cc(OCc3ccccc3)c2)cc1. The lowest BCUT2D eigenvalue weighted by molar-refractivity contribution is 0.305. The molecule has 5 heteroatoms. The quantitative estimate of drug-likeness (QED) is 0.520. The van der Waals surface area contributed by atoms with E-state index in [1.807, 2.05) is 42.5 Å². The largest absolute Gasteiger partial charge is 0.489 e. The predicted molar refractivity (Wildman–Crippen MR) is 112 cm³/mol. The van der Waals surface area contributed by atoms with E-state index in [1.165, 1.54) is 5.56 Å². The van der Waals surface area contributed by atoms with Crippen LogP contribution in [0, 0.1) is 0 Å². The van der Waals surface area contributed by atoms with Crippen LogP contribution in [0.3, 0.4) is 0 Å². The molecule has 0 aliphatic carbocycles. The Bertz CT molecular complexity index is 946. The Morgan fingerprint density at radius 1 is 0.786 bits per heavy atom. The third kappa shape index (κ3) is 6.35. The third-order valence-electron chi connectivity index (χ3n) is 4.50. The smallest absolute Gasteiger partial charge is 0.329 e. The second kappa shape index (κ2) is 9.20. The topological polar surface area (TPSA) is 66.8 Å². The first kappa shape index (κ1) is 20.3. The van der Waals surface area contributed by atoms with E-state index in [0.29, 0.717) is 24.3 Å². The van der Waals surface area contributed by atoms with Gasteiger partial charge in [-0.05, 0) is 52.8 Å². The summed E-state index contributed by atoms with van der Waals surface area (Å²) in [5.74, 6) is 0.620. The van der Waals surface area contributed by atoms with Crippen molar-refractivity contribution in [2.45, 2.75) is 32.5 Å². The molecule has 0 fully saturated rings. The Morgan fingerprint density at radius 2 is 1.43 bits per heavy atom. The minimum atomic E-state index is -4.15. The fraction of sp³-hybridized carbons (Fsp3) is 0.217. The standard InChI is InChI=1S/C23H25O4P/c1-2-18-8-10-19(11-9-18)12-21-13-22(17-28(24,25)26)15-23(14-21)27-16-20-6-4-3-5-7-20/h3-11,13-15H,2,12,16-17H2,1H3,(H2,24,25,26). The number of aryl methyl sites for hydroxylation is 1. The number of ether oxygens (including phenoxy) is 1. The average Bonchev–Trinajstić information content (AvgIpc) is 2.66. The predicted octanol–water partition coefficient (Wildman–Crippen LogP) is 5.10. The van der Waals surface area contributed by atoms with E-state index in [9.17, 15) is 14.4 Å². The van der Waals surface area contributed by atoms with Gasteiger partial charge in [0.15, 0.2) is 0 Å². The van der Waals surface area contributed by atoms with Gasteiger partial charge in [0.25, 0.3) is 0 Å². The second-order valence-corrected chi connectivity index (χ2v) is 8.57. The van der Waals surface area contributed by atoms with Gasteiger partial charge in [0.2, 0.25) is 0 Å². The minimum absolute atomic E-state index is 0.294. The van der Waals surface area contributed by atoms with Gasteiger partial charge in [-0.15, -0.1) is 0 Å². The lowest BCUT2D eigenvalue weighted by atomic mass is 10.0. The Balaban J connectivity index is 1.82. The van der Waals surface area contributed by atoms with Crippen LogP contribution in [0.25, 0.3) is 0 Å². The van der Waals surface area contributed by atoms with Crippen molar-refractivity contribution in [2.24, 2.45) is 0 Å². The number of rotatable bonds is 8. The summed E-state index contributed by atoms with van der Waals surface area (Å²) in [5, 5.41) is 0. The van der Waals surface area contributed by atoms with Gasteiger partial charge in [0, 0.05) is 0 Å². The van der Waals surface area contributed by atoms with Crippen molar-refractivity contribution in [2.75, 3.05) is 0 Å². The maximum absolute atomic E-state index is 11.5. The fourth-order valence-corrected chi connectivity index (χ4v) is 3.77. The highest BCUT2D eigenvalue weighted by Crippen LogP contribution is 2.40.